The molecule has 0 spiro atoms. The van der Waals surface area contributed by atoms with Crippen molar-refractivity contribution in [3.05, 3.63) is 94.0 Å². The van der Waals surface area contributed by atoms with Crippen LogP contribution in [0, 0.1) is 0 Å². The molecule has 1 atom stereocenters. The molecular formula is C26H24ClNO4S. The number of hydrogen-bond acceptors (Lipinski definition) is 4. The largest absolute Gasteiger partial charge is 0.497 e. The van der Waals surface area contributed by atoms with Crippen LogP contribution in [0.15, 0.2) is 77.2 Å². The molecule has 0 amide bonds. The molecule has 1 aliphatic heterocycles. The number of ether oxygens (including phenoxy) is 2. The highest BCUT2D eigenvalue weighted by atomic mass is 35.5. The van der Waals surface area contributed by atoms with E-state index in [0.29, 0.717) is 30.2 Å². The van der Waals surface area contributed by atoms with E-state index in [1.165, 1.54) is 18.2 Å². The number of hydrogen-bond donors (Lipinski definition) is 0. The average Bonchev–Trinajstić information content (AvgIpc) is 3.21. The van der Waals surface area contributed by atoms with Gasteiger partial charge in [-0.2, -0.15) is 4.31 Å². The van der Waals surface area contributed by atoms with Crippen molar-refractivity contribution in [2.24, 2.45) is 0 Å². The number of halogens is 1. The lowest BCUT2D eigenvalue weighted by Crippen LogP contribution is -2.39. The highest BCUT2D eigenvalue weighted by Gasteiger charge is 2.41. The maximum atomic E-state index is 13.9. The highest BCUT2D eigenvalue weighted by molar-refractivity contribution is 7.89. The lowest BCUT2D eigenvalue weighted by molar-refractivity contribution is 0.347. The second kappa shape index (κ2) is 8.52. The van der Waals surface area contributed by atoms with Crippen molar-refractivity contribution in [2.75, 3.05) is 20.8 Å². The quantitative estimate of drug-likeness (QED) is 0.482. The van der Waals surface area contributed by atoms with E-state index >= 15 is 0 Å². The van der Waals surface area contributed by atoms with E-state index in [1.54, 1.807) is 35.7 Å². The molecule has 33 heavy (non-hydrogen) atoms. The third-order valence-corrected chi connectivity index (χ3v) is 8.54. The first-order valence-electron chi connectivity index (χ1n) is 10.7. The molecule has 3 aromatic carbocycles. The van der Waals surface area contributed by atoms with Gasteiger partial charge in [0.1, 0.15) is 11.5 Å². The molecule has 5 nitrogen and oxygen atoms in total. The Bertz CT molecular complexity index is 1350. The van der Waals surface area contributed by atoms with Gasteiger partial charge < -0.3 is 9.47 Å². The van der Waals surface area contributed by atoms with E-state index in [-0.39, 0.29) is 4.90 Å². The molecule has 7 heteroatoms. The predicted molar refractivity (Wildman–Crippen MR) is 129 cm³/mol. The minimum Gasteiger partial charge on any atom is -0.497 e. The minimum absolute atomic E-state index is 0.225. The fourth-order valence-corrected chi connectivity index (χ4v) is 6.68. The number of fused-ring (bicyclic) bond motifs is 2. The zero-order chi connectivity index (χ0) is 23.2. The van der Waals surface area contributed by atoms with Gasteiger partial charge in [0.15, 0.2) is 0 Å². The minimum atomic E-state index is -3.78. The molecule has 3 aromatic rings. The summed E-state index contributed by atoms with van der Waals surface area (Å²) in [6, 6.07) is 19.8. The summed E-state index contributed by atoms with van der Waals surface area (Å²) in [4.78, 5) is 0.225. The molecular weight excluding hydrogens is 458 g/mol. The smallest absolute Gasteiger partial charge is 0.244 e. The summed E-state index contributed by atoms with van der Waals surface area (Å²) in [6.45, 7) is 0.376. The van der Waals surface area contributed by atoms with Gasteiger partial charge in [-0.05, 0) is 77.1 Å². The predicted octanol–water partition coefficient (Wildman–Crippen LogP) is 5.50. The molecule has 0 aromatic heterocycles. The molecule has 170 valence electrons. The summed E-state index contributed by atoms with van der Waals surface area (Å²) < 4.78 is 40.0. The Morgan fingerprint density at radius 3 is 2.42 bits per heavy atom. The van der Waals surface area contributed by atoms with Gasteiger partial charge in [-0.25, -0.2) is 8.42 Å². The van der Waals surface area contributed by atoms with Crippen LogP contribution in [0.1, 0.15) is 29.2 Å². The molecule has 2 aliphatic rings. The number of sulfonamides is 1. The van der Waals surface area contributed by atoms with E-state index < -0.39 is 16.1 Å². The third-order valence-electron chi connectivity index (χ3n) is 6.45. The maximum Gasteiger partial charge on any atom is 0.244 e. The normalized spacial score (nSPS) is 18.1. The number of rotatable bonds is 5. The van der Waals surface area contributed by atoms with Crippen LogP contribution >= 0.6 is 11.6 Å². The summed E-state index contributed by atoms with van der Waals surface area (Å²) >= 11 is 6.30. The summed E-state index contributed by atoms with van der Waals surface area (Å²) in [5, 5.41) is 0.690. The van der Waals surface area contributed by atoms with Gasteiger partial charge >= 0.3 is 0 Å². The molecule has 0 saturated carbocycles. The van der Waals surface area contributed by atoms with Gasteiger partial charge in [0.2, 0.25) is 10.0 Å². The van der Waals surface area contributed by atoms with Crippen LogP contribution in [0.5, 0.6) is 11.5 Å². The first-order chi connectivity index (χ1) is 15.9. The molecule has 5 rings (SSSR count). The fraction of sp³-hybridized carbons (Fsp3) is 0.231. The Labute approximate surface area is 199 Å². The van der Waals surface area contributed by atoms with Gasteiger partial charge in [0.05, 0.1) is 25.2 Å². The third kappa shape index (κ3) is 3.82. The van der Waals surface area contributed by atoms with E-state index in [0.717, 1.165) is 22.4 Å². The lowest BCUT2D eigenvalue weighted by Gasteiger charge is -2.37. The van der Waals surface area contributed by atoms with Crippen molar-refractivity contribution in [1.82, 2.24) is 4.31 Å². The van der Waals surface area contributed by atoms with Crippen molar-refractivity contribution >= 4 is 27.2 Å². The van der Waals surface area contributed by atoms with Crippen LogP contribution in [0.25, 0.3) is 5.57 Å². The van der Waals surface area contributed by atoms with Crippen LogP contribution in [-0.2, 0) is 16.4 Å². The van der Waals surface area contributed by atoms with Gasteiger partial charge in [-0.3, -0.25) is 0 Å². The van der Waals surface area contributed by atoms with E-state index in [2.05, 4.69) is 0 Å². The van der Waals surface area contributed by atoms with Crippen molar-refractivity contribution < 1.29 is 17.9 Å². The van der Waals surface area contributed by atoms with Gasteiger partial charge in [-0.1, -0.05) is 35.9 Å². The Balaban J connectivity index is 1.64. The van der Waals surface area contributed by atoms with Crippen molar-refractivity contribution in [3.63, 3.8) is 0 Å². The second-order valence-electron chi connectivity index (χ2n) is 8.20. The van der Waals surface area contributed by atoms with Crippen LogP contribution in [0.2, 0.25) is 5.02 Å². The number of nitrogens with zero attached hydrogens (tertiary/aromatic N) is 1. The van der Waals surface area contributed by atoms with Crippen LogP contribution in [0.3, 0.4) is 0 Å². The van der Waals surface area contributed by atoms with Gasteiger partial charge in [0.25, 0.3) is 0 Å². The number of benzene rings is 3. The second-order valence-corrected chi connectivity index (χ2v) is 10.5. The van der Waals surface area contributed by atoms with Crippen LogP contribution < -0.4 is 9.47 Å². The van der Waals surface area contributed by atoms with Crippen molar-refractivity contribution in [3.8, 4) is 11.5 Å². The van der Waals surface area contributed by atoms with Crippen molar-refractivity contribution in [1.29, 1.82) is 0 Å². The number of methoxy groups -OCH3 is 2. The molecule has 0 bridgehead atoms. The van der Waals surface area contributed by atoms with E-state index in [9.17, 15) is 8.42 Å². The average molecular weight is 482 g/mol. The first-order valence-corrected chi connectivity index (χ1v) is 12.5. The summed E-state index contributed by atoms with van der Waals surface area (Å²) in [6.07, 6.45) is 1.33. The van der Waals surface area contributed by atoms with Gasteiger partial charge in [0, 0.05) is 17.6 Å². The molecule has 0 radical (unpaired) electrons. The molecule has 1 heterocycles. The standard InChI is InChI=1S/C26H24ClNO4S/c1-31-20-10-7-17(8-11-20)26-25-14-18-6-9-19(27)15-24(18)23(25)12-13-28(26)33(29,30)22-5-3-4-21(16-22)32-2/h3-11,15-16,26H,12-14H2,1-2H3. The maximum absolute atomic E-state index is 13.9. The van der Waals surface area contributed by atoms with E-state index in [1.807, 2.05) is 42.5 Å². The Morgan fingerprint density at radius 2 is 1.70 bits per heavy atom. The summed E-state index contributed by atoms with van der Waals surface area (Å²) in [7, 11) is -0.629. The zero-order valence-corrected chi connectivity index (χ0v) is 20.0. The lowest BCUT2D eigenvalue weighted by atomic mass is 9.90. The van der Waals surface area contributed by atoms with Crippen LogP contribution in [-0.4, -0.2) is 33.5 Å². The Hall–Kier alpha value is -2.80. The topological polar surface area (TPSA) is 55.8 Å². The zero-order valence-electron chi connectivity index (χ0n) is 18.4. The van der Waals surface area contributed by atoms with Crippen molar-refractivity contribution in [2.45, 2.75) is 23.8 Å². The van der Waals surface area contributed by atoms with Crippen LogP contribution in [0.4, 0.5) is 0 Å². The Morgan fingerprint density at radius 1 is 0.939 bits per heavy atom. The SMILES string of the molecule is COc1ccc(C2C3=C(CCN2S(=O)(=O)c2cccc(OC)c2)c2cc(Cl)ccc2C3)cc1. The first kappa shape index (κ1) is 22.0. The Kier molecular flexibility index (Phi) is 5.69. The molecule has 1 unspecified atom stereocenters. The fourth-order valence-electron chi connectivity index (χ4n) is 4.86. The summed E-state index contributed by atoms with van der Waals surface area (Å²) in [5.74, 6) is 1.24. The molecule has 1 aliphatic carbocycles. The molecule has 0 saturated heterocycles. The molecule has 0 N–H and O–H groups in total. The van der Waals surface area contributed by atoms with E-state index in [4.69, 9.17) is 21.1 Å². The summed E-state index contributed by atoms with van der Waals surface area (Å²) in [5.41, 5.74) is 5.53. The highest BCUT2D eigenvalue weighted by Crippen LogP contribution is 2.49. The van der Waals surface area contributed by atoms with Gasteiger partial charge in [-0.15, -0.1) is 0 Å². The molecule has 0 fully saturated rings. The monoisotopic (exact) mass is 481 g/mol.